The summed E-state index contributed by atoms with van der Waals surface area (Å²) >= 11 is 0. The molecule has 0 fully saturated rings. The number of carboxylic acids is 1. The summed E-state index contributed by atoms with van der Waals surface area (Å²) in [5.41, 5.74) is 2.92. The van der Waals surface area contributed by atoms with E-state index in [0.717, 1.165) is 11.1 Å². The molecule has 0 saturated carbocycles. The van der Waals surface area contributed by atoms with E-state index in [1.54, 1.807) is 30.3 Å². The Kier molecular flexibility index (Phi) is 6.70. The van der Waals surface area contributed by atoms with Gasteiger partial charge >= 0.3 is 5.97 Å². The van der Waals surface area contributed by atoms with Crippen LogP contribution in [0.15, 0.2) is 66.5 Å². The lowest BCUT2D eigenvalue weighted by Gasteiger charge is -2.18. The monoisotopic (exact) mass is 527 g/mol. The number of hydrogen-bond acceptors (Lipinski definition) is 9. The molecule has 13 heteroatoms. The van der Waals surface area contributed by atoms with Crippen molar-refractivity contribution in [2.75, 3.05) is 11.9 Å². The number of aromatic nitrogens is 3. The van der Waals surface area contributed by atoms with Crippen LogP contribution in [0.4, 0.5) is 11.5 Å². The summed E-state index contributed by atoms with van der Waals surface area (Å²) in [6.07, 6.45) is 1.24. The van der Waals surface area contributed by atoms with Gasteiger partial charge in [-0.3, -0.25) is 14.0 Å². The number of carbonyl (C=O) groups excluding carboxylic acids is 2. The number of nitrogens with one attached hydrogen (secondary N) is 3. The Hall–Kier alpha value is -5.59. The average Bonchev–Trinajstić information content (AvgIpc) is 3.37. The van der Waals surface area contributed by atoms with E-state index >= 15 is 0 Å². The Morgan fingerprint density at radius 3 is 2.59 bits per heavy atom. The fourth-order valence-electron chi connectivity index (χ4n) is 3.96. The molecule has 2 aromatic heterocycles. The zero-order valence-corrected chi connectivity index (χ0v) is 20.3. The number of rotatable bonds is 9. The molecule has 39 heavy (non-hydrogen) atoms. The predicted molar refractivity (Wildman–Crippen MR) is 139 cm³/mol. The summed E-state index contributed by atoms with van der Waals surface area (Å²) in [6.45, 7) is 4.42. The summed E-state index contributed by atoms with van der Waals surface area (Å²) in [5, 5.41) is 20.7. The highest BCUT2D eigenvalue weighted by molar-refractivity contribution is 5.96. The molecule has 196 valence electrons. The highest BCUT2D eigenvalue weighted by atomic mass is 16.5. The molecule has 3 heterocycles. The van der Waals surface area contributed by atoms with Gasteiger partial charge in [-0.05, 0) is 46.6 Å². The number of imidazole rings is 1. The van der Waals surface area contributed by atoms with E-state index < -0.39 is 11.9 Å². The first-order valence-electron chi connectivity index (χ1n) is 11.6. The molecular weight excluding hydrogens is 506 g/mol. The van der Waals surface area contributed by atoms with Crippen LogP contribution in [-0.2, 0) is 17.9 Å². The number of nitroso groups, excluding NO2 is 1. The van der Waals surface area contributed by atoms with Gasteiger partial charge in [-0.2, -0.15) is 0 Å². The van der Waals surface area contributed by atoms with Gasteiger partial charge in [0, 0.05) is 13.1 Å². The fraction of sp³-hybridized carbons (Fsp3) is 0.115. The van der Waals surface area contributed by atoms with Crippen molar-refractivity contribution in [3.8, 4) is 5.75 Å². The Morgan fingerprint density at radius 1 is 1.10 bits per heavy atom. The number of benzene rings is 2. The van der Waals surface area contributed by atoms with Gasteiger partial charge in [-0.25, -0.2) is 14.8 Å². The van der Waals surface area contributed by atoms with Crippen LogP contribution < -0.4 is 20.7 Å². The number of hydrogen-bond donors (Lipinski definition) is 4. The summed E-state index contributed by atoms with van der Waals surface area (Å²) in [7, 11) is 0. The molecule has 1 aliphatic rings. The third-order valence-electron chi connectivity index (χ3n) is 5.93. The van der Waals surface area contributed by atoms with Crippen LogP contribution in [0.2, 0.25) is 0 Å². The summed E-state index contributed by atoms with van der Waals surface area (Å²) in [6, 6.07) is 13.0. The molecule has 0 radical (unpaired) electrons. The van der Waals surface area contributed by atoms with Crippen LogP contribution in [0.25, 0.3) is 11.5 Å². The van der Waals surface area contributed by atoms with Crippen LogP contribution in [0, 0.1) is 4.91 Å². The maximum absolute atomic E-state index is 13.0. The fourth-order valence-corrected chi connectivity index (χ4v) is 3.96. The van der Waals surface area contributed by atoms with Crippen molar-refractivity contribution >= 4 is 40.8 Å². The third-order valence-corrected chi connectivity index (χ3v) is 5.93. The third kappa shape index (κ3) is 5.27. The molecule has 5 rings (SSSR count). The first kappa shape index (κ1) is 25.1. The lowest BCUT2D eigenvalue weighted by atomic mass is 10.1. The zero-order valence-electron chi connectivity index (χ0n) is 20.3. The second-order valence-electron chi connectivity index (χ2n) is 8.55. The lowest BCUT2D eigenvalue weighted by molar-refractivity contribution is -0.118. The van der Waals surface area contributed by atoms with Gasteiger partial charge in [0.25, 0.3) is 11.8 Å². The Bertz CT molecular complexity index is 1640. The van der Waals surface area contributed by atoms with Crippen molar-refractivity contribution in [2.45, 2.75) is 13.1 Å². The topological polar surface area (TPSA) is 176 Å². The lowest BCUT2D eigenvalue weighted by Crippen LogP contribution is -2.27. The second-order valence-corrected chi connectivity index (χ2v) is 8.55. The number of aromatic carboxylic acids is 1. The maximum atomic E-state index is 13.0. The molecule has 0 atom stereocenters. The Balaban J connectivity index is 1.35. The minimum absolute atomic E-state index is 0.0217. The number of nitrogens with zero attached hydrogens (tertiary/aromatic N) is 4. The first-order chi connectivity index (χ1) is 18.8. The van der Waals surface area contributed by atoms with Gasteiger partial charge < -0.3 is 25.8 Å². The number of fused-ring (bicyclic) bond motifs is 2. The molecule has 0 bridgehead atoms. The predicted octanol–water partition coefficient (Wildman–Crippen LogP) is 2.85. The standard InChI is InChI=1S/C26H21N7O6/c1-14(27-10-15-2-5-17(6-3-15)25(36)37)20-9-19(31-26-29-12-22(32-38)33(20)26)24(35)28-11-16-4-7-21-18(8-16)30-23(34)13-39-21/h2-9,12,27H,1,10-11,13H2,(H,28,35)(H,30,34)(H,36,37). The van der Waals surface area contributed by atoms with Gasteiger partial charge in [-0.15, -0.1) is 4.91 Å². The van der Waals surface area contributed by atoms with Crippen LogP contribution in [0.3, 0.4) is 0 Å². The number of amides is 2. The Morgan fingerprint density at radius 2 is 1.85 bits per heavy atom. The van der Waals surface area contributed by atoms with Crippen LogP contribution >= 0.6 is 0 Å². The minimum Gasteiger partial charge on any atom is -0.482 e. The van der Waals surface area contributed by atoms with E-state index in [1.165, 1.54) is 28.8 Å². The van der Waals surface area contributed by atoms with Crippen molar-refractivity contribution < 1.29 is 24.2 Å². The van der Waals surface area contributed by atoms with Crippen LogP contribution in [0.1, 0.15) is 37.7 Å². The van der Waals surface area contributed by atoms with Crippen molar-refractivity contribution in [3.63, 3.8) is 0 Å². The zero-order chi connectivity index (χ0) is 27.5. The largest absolute Gasteiger partial charge is 0.482 e. The van der Waals surface area contributed by atoms with Crippen molar-refractivity contribution in [1.29, 1.82) is 0 Å². The molecule has 0 saturated heterocycles. The van der Waals surface area contributed by atoms with Crippen molar-refractivity contribution in [1.82, 2.24) is 25.0 Å². The summed E-state index contributed by atoms with van der Waals surface area (Å²) in [5.74, 6) is -1.18. The quantitative estimate of drug-likeness (QED) is 0.238. The number of ether oxygens (including phenoxy) is 1. The van der Waals surface area contributed by atoms with Gasteiger partial charge in [0.2, 0.25) is 11.6 Å². The SMILES string of the molecule is C=C(NCc1ccc(C(=O)O)cc1)c1cc(C(=O)NCc2ccc3c(c2)NC(=O)CO3)nc2ncc(N=O)n12. The highest BCUT2D eigenvalue weighted by Crippen LogP contribution is 2.28. The first-order valence-corrected chi connectivity index (χ1v) is 11.6. The van der Waals surface area contributed by atoms with Crippen LogP contribution in [-0.4, -0.2) is 43.9 Å². The van der Waals surface area contributed by atoms with Crippen molar-refractivity contribution in [3.05, 3.63) is 94.3 Å². The normalized spacial score (nSPS) is 12.2. The molecule has 13 nitrogen and oxygen atoms in total. The number of anilines is 1. The van der Waals surface area contributed by atoms with Gasteiger partial charge in [0.1, 0.15) is 11.4 Å². The second kappa shape index (κ2) is 10.4. The van der Waals surface area contributed by atoms with Gasteiger partial charge in [0.15, 0.2) is 6.61 Å². The summed E-state index contributed by atoms with van der Waals surface area (Å²) < 4.78 is 6.72. The number of carboxylic acid groups (broad SMARTS) is 1. The average molecular weight is 527 g/mol. The molecule has 4 aromatic rings. The van der Waals surface area contributed by atoms with Crippen LogP contribution in [0.5, 0.6) is 5.75 Å². The smallest absolute Gasteiger partial charge is 0.335 e. The van der Waals surface area contributed by atoms with E-state index in [4.69, 9.17) is 9.84 Å². The molecule has 2 amide bonds. The maximum Gasteiger partial charge on any atom is 0.335 e. The number of carbonyl (C=O) groups is 3. The van der Waals surface area contributed by atoms with E-state index in [9.17, 15) is 19.3 Å². The molecule has 4 N–H and O–H groups in total. The molecule has 2 aromatic carbocycles. The van der Waals surface area contributed by atoms with E-state index in [0.29, 0.717) is 29.4 Å². The minimum atomic E-state index is -1.02. The summed E-state index contributed by atoms with van der Waals surface area (Å²) in [4.78, 5) is 55.4. The van der Waals surface area contributed by atoms with Gasteiger partial charge in [-0.1, -0.05) is 24.8 Å². The van der Waals surface area contributed by atoms with E-state index in [2.05, 4.69) is 37.7 Å². The highest BCUT2D eigenvalue weighted by Gasteiger charge is 2.19. The molecule has 0 spiro atoms. The molecular formula is C26H21N7O6. The molecule has 0 aliphatic carbocycles. The molecule has 1 aliphatic heterocycles. The van der Waals surface area contributed by atoms with Crippen molar-refractivity contribution in [2.24, 2.45) is 5.18 Å². The van der Waals surface area contributed by atoms with E-state index in [-0.39, 0.29) is 41.9 Å². The van der Waals surface area contributed by atoms with Gasteiger partial charge in [0.05, 0.1) is 28.8 Å². The Labute approximate surface area is 220 Å². The van der Waals surface area contributed by atoms with E-state index in [1.807, 2.05) is 0 Å². The molecule has 0 unspecified atom stereocenters.